The van der Waals surface area contributed by atoms with E-state index in [1.165, 1.54) is 16.8 Å². The van der Waals surface area contributed by atoms with Gasteiger partial charge in [-0.2, -0.15) is 0 Å². The number of aromatic nitrogens is 2. The van der Waals surface area contributed by atoms with Crippen molar-refractivity contribution in [3.8, 4) is 22.6 Å². The Hall–Kier alpha value is -2.53. The Morgan fingerprint density at radius 1 is 1.05 bits per heavy atom. The van der Waals surface area contributed by atoms with Crippen molar-refractivity contribution < 1.29 is 4.39 Å². The Balaban J connectivity index is 2.17. The standard InChI is InChI=1S/C15H12ClFN4/c16-11-6-10(7-12(17)8-11)13-14(18)21(19)15(20-13)9-4-2-1-3-5-9/h1-8H,18-19H2. The predicted octanol–water partition coefficient (Wildman–Crippen LogP) is 3.31. The summed E-state index contributed by atoms with van der Waals surface area (Å²) in [7, 11) is 0. The minimum Gasteiger partial charge on any atom is -0.382 e. The lowest BCUT2D eigenvalue weighted by Crippen LogP contribution is -2.13. The first-order chi connectivity index (χ1) is 10.1. The number of nitrogen functional groups attached to an aromatic ring is 2. The molecule has 0 bridgehead atoms. The molecular weight excluding hydrogens is 291 g/mol. The average molecular weight is 303 g/mol. The van der Waals surface area contributed by atoms with Crippen molar-refractivity contribution in [2.24, 2.45) is 0 Å². The van der Waals surface area contributed by atoms with Crippen molar-refractivity contribution in [2.45, 2.75) is 0 Å². The second-order valence-electron chi connectivity index (χ2n) is 4.56. The SMILES string of the molecule is Nc1c(-c2cc(F)cc(Cl)c2)nc(-c2ccccc2)n1N. The summed E-state index contributed by atoms with van der Waals surface area (Å²) < 4.78 is 14.8. The van der Waals surface area contributed by atoms with Crippen LogP contribution in [0.3, 0.4) is 0 Å². The monoisotopic (exact) mass is 302 g/mol. The number of nitrogens with two attached hydrogens (primary N) is 2. The Morgan fingerprint density at radius 2 is 1.76 bits per heavy atom. The molecule has 0 aliphatic heterocycles. The molecule has 106 valence electrons. The van der Waals surface area contributed by atoms with E-state index in [0.29, 0.717) is 17.1 Å². The molecule has 0 atom stereocenters. The quantitative estimate of drug-likeness (QED) is 0.714. The van der Waals surface area contributed by atoms with E-state index in [4.69, 9.17) is 23.2 Å². The zero-order valence-electron chi connectivity index (χ0n) is 10.9. The third kappa shape index (κ3) is 2.43. The van der Waals surface area contributed by atoms with Crippen molar-refractivity contribution >= 4 is 17.4 Å². The van der Waals surface area contributed by atoms with Crippen LogP contribution in [0, 0.1) is 5.82 Å². The van der Waals surface area contributed by atoms with Gasteiger partial charge in [-0.05, 0) is 18.2 Å². The van der Waals surface area contributed by atoms with Gasteiger partial charge in [-0.15, -0.1) is 0 Å². The number of hydrogen-bond donors (Lipinski definition) is 2. The van der Waals surface area contributed by atoms with E-state index in [9.17, 15) is 4.39 Å². The molecule has 0 aliphatic rings. The molecule has 3 aromatic rings. The van der Waals surface area contributed by atoms with E-state index in [1.807, 2.05) is 30.3 Å². The molecule has 21 heavy (non-hydrogen) atoms. The molecule has 1 heterocycles. The molecule has 0 unspecified atom stereocenters. The van der Waals surface area contributed by atoms with Gasteiger partial charge < -0.3 is 11.6 Å². The molecule has 0 amide bonds. The van der Waals surface area contributed by atoms with Crippen LogP contribution in [0.5, 0.6) is 0 Å². The first kappa shape index (κ1) is 13.5. The van der Waals surface area contributed by atoms with Gasteiger partial charge in [-0.25, -0.2) is 14.1 Å². The molecule has 0 fully saturated rings. The minimum atomic E-state index is -0.454. The van der Waals surface area contributed by atoms with Gasteiger partial charge in [0, 0.05) is 16.1 Å². The summed E-state index contributed by atoms with van der Waals surface area (Å²) in [6, 6.07) is 13.5. The van der Waals surface area contributed by atoms with Crippen molar-refractivity contribution in [2.75, 3.05) is 11.6 Å². The number of imidazole rings is 1. The van der Waals surface area contributed by atoms with Crippen LogP contribution in [0.4, 0.5) is 10.2 Å². The summed E-state index contributed by atoms with van der Waals surface area (Å²) in [5.74, 6) is 6.25. The van der Waals surface area contributed by atoms with Crippen molar-refractivity contribution in [1.82, 2.24) is 9.66 Å². The highest BCUT2D eigenvalue weighted by Crippen LogP contribution is 2.31. The highest BCUT2D eigenvalue weighted by molar-refractivity contribution is 6.30. The van der Waals surface area contributed by atoms with E-state index in [2.05, 4.69) is 4.98 Å². The molecule has 0 saturated carbocycles. The normalized spacial score (nSPS) is 10.8. The first-order valence-electron chi connectivity index (χ1n) is 6.21. The lowest BCUT2D eigenvalue weighted by molar-refractivity contribution is 0.628. The molecule has 4 N–H and O–H groups in total. The molecule has 0 radical (unpaired) electrons. The number of benzene rings is 2. The number of hydrogen-bond acceptors (Lipinski definition) is 3. The predicted molar refractivity (Wildman–Crippen MR) is 82.6 cm³/mol. The lowest BCUT2D eigenvalue weighted by atomic mass is 10.1. The number of anilines is 1. The maximum Gasteiger partial charge on any atom is 0.160 e. The van der Waals surface area contributed by atoms with Gasteiger partial charge in [0.1, 0.15) is 11.5 Å². The van der Waals surface area contributed by atoms with Crippen LogP contribution >= 0.6 is 11.6 Å². The fourth-order valence-corrected chi connectivity index (χ4v) is 2.36. The molecule has 6 heteroatoms. The average Bonchev–Trinajstić information content (AvgIpc) is 2.75. The van der Waals surface area contributed by atoms with Crippen molar-refractivity contribution in [3.63, 3.8) is 0 Å². The number of halogens is 2. The fraction of sp³-hybridized carbons (Fsp3) is 0. The van der Waals surface area contributed by atoms with Crippen LogP contribution in [-0.4, -0.2) is 9.66 Å². The van der Waals surface area contributed by atoms with Crippen LogP contribution in [0.2, 0.25) is 5.02 Å². The third-order valence-electron chi connectivity index (χ3n) is 3.12. The second-order valence-corrected chi connectivity index (χ2v) is 5.00. The first-order valence-corrected chi connectivity index (χ1v) is 6.59. The van der Waals surface area contributed by atoms with Crippen molar-refractivity contribution in [3.05, 3.63) is 59.4 Å². The maximum atomic E-state index is 13.5. The molecule has 4 nitrogen and oxygen atoms in total. The molecule has 0 saturated heterocycles. The van der Waals surface area contributed by atoms with E-state index < -0.39 is 5.82 Å². The van der Waals surface area contributed by atoms with Crippen LogP contribution in [0.15, 0.2) is 48.5 Å². The molecule has 2 aromatic carbocycles. The van der Waals surface area contributed by atoms with Gasteiger partial charge in [0.25, 0.3) is 0 Å². The number of nitrogens with zero attached hydrogens (tertiary/aromatic N) is 2. The molecular formula is C15H12ClFN4. The van der Waals surface area contributed by atoms with E-state index in [0.717, 1.165) is 5.56 Å². The van der Waals surface area contributed by atoms with Gasteiger partial charge >= 0.3 is 0 Å². The maximum absolute atomic E-state index is 13.5. The molecule has 0 aliphatic carbocycles. The minimum absolute atomic E-state index is 0.246. The van der Waals surface area contributed by atoms with E-state index >= 15 is 0 Å². The highest BCUT2D eigenvalue weighted by atomic mass is 35.5. The van der Waals surface area contributed by atoms with Crippen LogP contribution in [-0.2, 0) is 0 Å². The van der Waals surface area contributed by atoms with Gasteiger partial charge in [-0.3, -0.25) is 0 Å². The Kier molecular flexibility index (Phi) is 3.27. The number of rotatable bonds is 2. The summed E-state index contributed by atoms with van der Waals surface area (Å²) in [5, 5.41) is 0.275. The van der Waals surface area contributed by atoms with Gasteiger partial charge in [0.2, 0.25) is 0 Å². The summed E-state index contributed by atoms with van der Waals surface area (Å²) in [4.78, 5) is 4.42. The summed E-state index contributed by atoms with van der Waals surface area (Å²) >= 11 is 5.87. The van der Waals surface area contributed by atoms with Crippen molar-refractivity contribution in [1.29, 1.82) is 0 Å². The molecule has 3 rings (SSSR count). The zero-order valence-corrected chi connectivity index (χ0v) is 11.7. The van der Waals surface area contributed by atoms with E-state index in [-0.39, 0.29) is 10.8 Å². The van der Waals surface area contributed by atoms with Gasteiger partial charge in [0.05, 0.1) is 0 Å². The topological polar surface area (TPSA) is 69.9 Å². The third-order valence-corrected chi connectivity index (χ3v) is 3.33. The largest absolute Gasteiger partial charge is 0.382 e. The zero-order chi connectivity index (χ0) is 15.0. The summed E-state index contributed by atoms with van der Waals surface area (Å²) in [6.07, 6.45) is 0. The Bertz CT molecular complexity index is 779. The van der Waals surface area contributed by atoms with Crippen LogP contribution in [0.1, 0.15) is 0 Å². The highest BCUT2D eigenvalue weighted by Gasteiger charge is 2.16. The summed E-state index contributed by atoms with van der Waals surface area (Å²) in [5.41, 5.74) is 7.69. The Labute approximate surface area is 125 Å². The fourth-order valence-electron chi connectivity index (χ4n) is 2.14. The van der Waals surface area contributed by atoms with Crippen LogP contribution < -0.4 is 11.6 Å². The molecule has 0 spiro atoms. The van der Waals surface area contributed by atoms with Gasteiger partial charge in [-0.1, -0.05) is 41.9 Å². The van der Waals surface area contributed by atoms with E-state index in [1.54, 1.807) is 6.07 Å². The smallest absolute Gasteiger partial charge is 0.160 e. The van der Waals surface area contributed by atoms with Crippen LogP contribution in [0.25, 0.3) is 22.6 Å². The molecule has 1 aromatic heterocycles. The second kappa shape index (κ2) is 5.10. The summed E-state index contributed by atoms with van der Waals surface area (Å²) in [6.45, 7) is 0. The lowest BCUT2D eigenvalue weighted by Gasteiger charge is -2.02. The van der Waals surface area contributed by atoms with Gasteiger partial charge in [0.15, 0.2) is 11.6 Å². The Morgan fingerprint density at radius 3 is 2.43 bits per heavy atom.